The van der Waals surface area contributed by atoms with Gasteiger partial charge in [-0.25, -0.2) is 9.98 Å². The molecule has 0 unspecified atom stereocenters. The molecule has 0 spiro atoms. The molecular weight excluding hydrogens is 488 g/mol. The van der Waals surface area contributed by atoms with E-state index in [1.54, 1.807) is 0 Å². The van der Waals surface area contributed by atoms with Gasteiger partial charge in [-0.15, -0.1) is 0 Å². The number of hydrogen-bond acceptors (Lipinski definition) is 2. The second-order valence-corrected chi connectivity index (χ2v) is 9.90. The molecule has 0 saturated heterocycles. The molecule has 6 aromatic rings. The maximum absolute atomic E-state index is 5.10. The smallest absolute Gasteiger partial charge is 0.174 e. The molecule has 40 heavy (non-hydrogen) atoms. The van der Waals surface area contributed by atoms with Crippen LogP contribution in [0.3, 0.4) is 0 Å². The Labute approximate surface area is 234 Å². The fourth-order valence-corrected chi connectivity index (χ4v) is 4.70. The normalized spacial score (nSPS) is 12.1. The lowest BCUT2D eigenvalue weighted by atomic mass is 10.1. The summed E-state index contributed by atoms with van der Waals surface area (Å²) < 4.78 is 0. The van der Waals surface area contributed by atoms with Crippen LogP contribution in [0.2, 0.25) is 0 Å². The predicted octanol–water partition coefficient (Wildman–Crippen LogP) is 9.59. The third-order valence-corrected chi connectivity index (χ3v) is 6.86. The van der Waals surface area contributed by atoms with Crippen LogP contribution in [-0.2, 0) is 0 Å². The Morgan fingerprint density at radius 2 is 0.800 bits per heavy atom. The van der Waals surface area contributed by atoms with Crippen molar-refractivity contribution < 1.29 is 0 Å². The molecule has 0 bridgehead atoms. The number of fused-ring (bicyclic) bond motifs is 2. The number of rotatable bonds is 4. The van der Waals surface area contributed by atoms with E-state index in [4.69, 9.17) is 9.98 Å². The summed E-state index contributed by atoms with van der Waals surface area (Å²) in [5.74, 6) is 1.24. The van der Waals surface area contributed by atoms with Crippen LogP contribution in [0.4, 0.5) is 22.7 Å². The van der Waals surface area contributed by atoms with Crippen molar-refractivity contribution in [2.24, 2.45) is 9.98 Å². The second kappa shape index (κ2) is 11.3. The molecule has 6 rings (SSSR count). The molecule has 0 aliphatic heterocycles. The Bertz CT molecular complexity index is 1700. The van der Waals surface area contributed by atoms with Gasteiger partial charge in [-0.05, 0) is 61.0 Å². The SMILES string of the molecule is Cc1ccc(N=C(Nc2cccc3ccccc23)C(=Nc2ccc(C)cc2)Nc2cccc3ccccc23)cc1. The summed E-state index contributed by atoms with van der Waals surface area (Å²) in [7, 11) is 0. The molecule has 4 heteroatoms. The van der Waals surface area contributed by atoms with Crippen molar-refractivity contribution in [2.75, 3.05) is 10.6 Å². The van der Waals surface area contributed by atoms with E-state index in [2.05, 4.69) is 134 Å². The van der Waals surface area contributed by atoms with Crippen molar-refractivity contribution in [3.63, 3.8) is 0 Å². The van der Waals surface area contributed by atoms with Crippen LogP contribution in [0.15, 0.2) is 143 Å². The first kappa shape index (κ1) is 25.1. The summed E-state index contributed by atoms with van der Waals surface area (Å²) in [6.07, 6.45) is 0. The summed E-state index contributed by atoms with van der Waals surface area (Å²) in [5, 5.41) is 11.8. The Balaban J connectivity index is 1.53. The molecule has 2 N–H and O–H groups in total. The fourth-order valence-electron chi connectivity index (χ4n) is 4.70. The minimum atomic E-state index is 0.619. The lowest BCUT2D eigenvalue weighted by Crippen LogP contribution is -2.30. The Morgan fingerprint density at radius 3 is 1.23 bits per heavy atom. The van der Waals surface area contributed by atoms with E-state index < -0.39 is 0 Å². The number of amidine groups is 2. The number of aryl methyl sites for hydroxylation is 2. The van der Waals surface area contributed by atoms with Crippen LogP contribution < -0.4 is 10.6 Å². The Morgan fingerprint density at radius 1 is 0.425 bits per heavy atom. The van der Waals surface area contributed by atoms with E-state index in [1.807, 2.05) is 24.3 Å². The molecule has 0 radical (unpaired) electrons. The van der Waals surface area contributed by atoms with Crippen molar-refractivity contribution in [3.8, 4) is 0 Å². The van der Waals surface area contributed by atoms with Crippen LogP contribution >= 0.6 is 0 Å². The molecule has 0 aliphatic carbocycles. The quantitative estimate of drug-likeness (QED) is 0.180. The number of benzene rings is 6. The van der Waals surface area contributed by atoms with Crippen LogP contribution in [0.5, 0.6) is 0 Å². The summed E-state index contributed by atoms with van der Waals surface area (Å²) in [4.78, 5) is 10.2. The van der Waals surface area contributed by atoms with Gasteiger partial charge in [-0.2, -0.15) is 0 Å². The molecule has 0 fully saturated rings. The first-order valence-corrected chi connectivity index (χ1v) is 13.4. The predicted molar refractivity (Wildman–Crippen MR) is 172 cm³/mol. The Hall–Kier alpha value is -5.22. The van der Waals surface area contributed by atoms with Crippen molar-refractivity contribution in [3.05, 3.63) is 145 Å². The highest BCUT2D eigenvalue weighted by molar-refractivity contribution is 6.50. The van der Waals surface area contributed by atoms with Gasteiger partial charge in [0.15, 0.2) is 11.7 Å². The monoisotopic (exact) mass is 518 g/mol. The minimum absolute atomic E-state index is 0.619. The molecule has 0 amide bonds. The summed E-state index contributed by atoms with van der Waals surface area (Å²) in [6, 6.07) is 45.6. The zero-order valence-corrected chi connectivity index (χ0v) is 22.6. The topological polar surface area (TPSA) is 48.8 Å². The average molecular weight is 519 g/mol. The highest BCUT2D eigenvalue weighted by Crippen LogP contribution is 2.27. The molecule has 6 aromatic carbocycles. The maximum atomic E-state index is 5.10. The van der Waals surface area contributed by atoms with Crippen molar-refractivity contribution >= 4 is 56.0 Å². The van der Waals surface area contributed by atoms with Crippen LogP contribution in [0.1, 0.15) is 11.1 Å². The fraction of sp³-hybridized carbons (Fsp3) is 0.0556. The van der Waals surface area contributed by atoms with E-state index in [9.17, 15) is 0 Å². The van der Waals surface area contributed by atoms with Crippen molar-refractivity contribution in [1.82, 2.24) is 0 Å². The number of anilines is 2. The van der Waals surface area contributed by atoms with Gasteiger partial charge < -0.3 is 10.6 Å². The zero-order chi connectivity index (χ0) is 27.3. The van der Waals surface area contributed by atoms with Gasteiger partial charge in [0.2, 0.25) is 0 Å². The third-order valence-electron chi connectivity index (χ3n) is 6.86. The van der Waals surface area contributed by atoms with Gasteiger partial charge >= 0.3 is 0 Å². The lowest BCUT2D eigenvalue weighted by Gasteiger charge is -2.17. The number of hydrogen-bond donors (Lipinski definition) is 2. The van der Waals surface area contributed by atoms with E-state index in [0.29, 0.717) is 11.7 Å². The lowest BCUT2D eigenvalue weighted by molar-refractivity contribution is 1.41. The van der Waals surface area contributed by atoms with Gasteiger partial charge in [0, 0.05) is 22.1 Å². The van der Waals surface area contributed by atoms with Gasteiger partial charge in [-0.1, -0.05) is 108 Å². The van der Waals surface area contributed by atoms with Crippen molar-refractivity contribution in [2.45, 2.75) is 13.8 Å². The first-order valence-electron chi connectivity index (χ1n) is 13.4. The molecule has 0 aromatic heterocycles. The van der Waals surface area contributed by atoms with Gasteiger partial charge in [0.25, 0.3) is 0 Å². The van der Waals surface area contributed by atoms with E-state index >= 15 is 0 Å². The van der Waals surface area contributed by atoms with Crippen molar-refractivity contribution in [1.29, 1.82) is 0 Å². The third kappa shape index (κ3) is 5.62. The summed E-state index contributed by atoms with van der Waals surface area (Å²) in [5.41, 5.74) is 5.96. The van der Waals surface area contributed by atoms with Gasteiger partial charge in [-0.3, -0.25) is 0 Å². The number of nitrogens with zero attached hydrogens (tertiary/aromatic N) is 2. The Kier molecular flexibility index (Phi) is 7.06. The molecular formula is C36H30N4. The van der Waals surface area contributed by atoms with Gasteiger partial charge in [0.1, 0.15) is 0 Å². The highest BCUT2D eigenvalue weighted by atomic mass is 15.1. The number of aliphatic imine (C=N–C) groups is 2. The number of nitrogens with one attached hydrogen (secondary N) is 2. The molecule has 0 saturated carbocycles. The highest BCUT2D eigenvalue weighted by Gasteiger charge is 2.15. The maximum Gasteiger partial charge on any atom is 0.174 e. The summed E-state index contributed by atoms with van der Waals surface area (Å²) in [6.45, 7) is 4.16. The van der Waals surface area contributed by atoms with Crippen LogP contribution in [0.25, 0.3) is 21.5 Å². The minimum Gasteiger partial charge on any atom is -0.337 e. The summed E-state index contributed by atoms with van der Waals surface area (Å²) >= 11 is 0. The average Bonchev–Trinajstić information content (AvgIpc) is 2.99. The molecule has 0 aliphatic rings. The van der Waals surface area contributed by atoms with E-state index in [0.717, 1.165) is 44.3 Å². The molecule has 0 heterocycles. The second-order valence-electron chi connectivity index (χ2n) is 9.90. The molecule has 0 atom stereocenters. The van der Waals surface area contributed by atoms with E-state index in [1.165, 1.54) is 11.1 Å². The zero-order valence-electron chi connectivity index (χ0n) is 22.6. The van der Waals surface area contributed by atoms with Crippen LogP contribution in [-0.4, -0.2) is 11.7 Å². The first-order chi connectivity index (χ1) is 19.6. The standard InChI is InChI=1S/C36H30N4/c1-25-17-21-29(22-18-25)37-35(39-33-15-7-11-27-9-3-5-13-31(27)33)36(38-30-23-19-26(2)20-24-30)40-34-16-8-12-28-10-4-6-14-32(28)34/h3-24H,1-2H3,(H,37,39)(H,38,40). The molecule has 4 nitrogen and oxygen atoms in total. The largest absolute Gasteiger partial charge is 0.337 e. The van der Waals surface area contributed by atoms with Crippen LogP contribution in [0, 0.1) is 13.8 Å². The van der Waals surface area contributed by atoms with Gasteiger partial charge in [0.05, 0.1) is 11.4 Å². The van der Waals surface area contributed by atoms with E-state index in [-0.39, 0.29) is 0 Å². The molecule has 194 valence electrons.